The molecule has 1 aromatic carbocycles. The molecule has 2 aliphatic heterocycles. The number of ether oxygens (including phenoxy) is 1. The number of hydrogen-bond acceptors (Lipinski definition) is 9. The molecule has 0 aliphatic carbocycles. The van der Waals surface area contributed by atoms with Gasteiger partial charge in [-0.1, -0.05) is 30.8 Å². The minimum atomic E-state index is -0.850. The second kappa shape index (κ2) is 10.8. The van der Waals surface area contributed by atoms with Gasteiger partial charge in [-0.05, 0) is 23.3 Å². The van der Waals surface area contributed by atoms with Crippen LogP contribution in [0, 0.1) is 0 Å². The minimum absolute atomic E-state index is 0.0592. The molecule has 11 nitrogen and oxygen atoms in total. The molecule has 0 saturated carbocycles. The molecule has 0 radical (unpaired) electrons. The van der Waals surface area contributed by atoms with Crippen molar-refractivity contribution in [3.05, 3.63) is 72.8 Å². The SMILES string of the molecule is C=CC(=O)N1CCN(c2ncc([C@@H](O)c3ccc(-c4cc5c(N6CCOCC6)ncnc5[nH]4)cc3)cn2)CC1. The highest BCUT2D eigenvalue weighted by Crippen LogP contribution is 2.30. The quantitative estimate of drug-likeness (QED) is 0.364. The van der Waals surface area contributed by atoms with E-state index in [2.05, 4.69) is 42.5 Å². The van der Waals surface area contributed by atoms with Gasteiger partial charge in [-0.25, -0.2) is 19.9 Å². The van der Waals surface area contributed by atoms with E-state index in [4.69, 9.17) is 4.74 Å². The molecular formula is C28H30N8O3. The van der Waals surface area contributed by atoms with Gasteiger partial charge in [0, 0.05) is 62.9 Å². The molecule has 4 aromatic rings. The van der Waals surface area contributed by atoms with Gasteiger partial charge in [0.05, 0.1) is 18.6 Å². The van der Waals surface area contributed by atoms with Crippen molar-refractivity contribution in [3.63, 3.8) is 0 Å². The Balaban J connectivity index is 1.14. The van der Waals surface area contributed by atoms with E-state index >= 15 is 0 Å². The van der Waals surface area contributed by atoms with Gasteiger partial charge in [0.25, 0.3) is 0 Å². The van der Waals surface area contributed by atoms with Crippen LogP contribution in [-0.4, -0.2) is 93.3 Å². The number of aromatic amines is 1. The molecule has 200 valence electrons. The van der Waals surface area contributed by atoms with Crippen LogP contribution in [-0.2, 0) is 9.53 Å². The predicted octanol–water partition coefficient (Wildman–Crippen LogP) is 2.17. The summed E-state index contributed by atoms with van der Waals surface area (Å²) in [7, 11) is 0. The van der Waals surface area contributed by atoms with Crippen molar-refractivity contribution in [2.75, 3.05) is 62.3 Å². The smallest absolute Gasteiger partial charge is 0.246 e. The van der Waals surface area contributed by atoms with Crippen LogP contribution in [0.15, 0.2) is 61.7 Å². The fourth-order valence-corrected chi connectivity index (χ4v) is 5.04. The van der Waals surface area contributed by atoms with Crippen LogP contribution < -0.4 is 9.80 Å². The lowest BCUT2D eigenvalue weighted by Gasteiger charge is -2.34. The van der Waals surface area contributed by atoms with Crippen molar-refractivity contribution in [1.82, 2.24) is 29.8 Å². The van der Waals surface area contributed by atoms with Crippen LogP contribution in [0.5, 0.6) is 0 Å². The van der Waals surface area contributed by atoms with Crippen molar-refractivity contribution in [1.29, 1.82) is 0 Å². The number of morpholine rings is 1. The van der Waals surface area contributed by atoms with Crippen molar-refractivity contribution in [2.45, 2.75) is 6.10 Å². The van der Waals surface area contributed by atoms with Crippen molar-refractivity contribution in [2.24, 2.45) is 0 Å². The number of amides is 1. The first kappa shape index (κ1) is 25.0. The normalized spacial score (nSPS) is 16.9. The van der Waals surface area contributed by atoms with Crippen molar-refractivity contribution in [3.8, 4) is 11.3 Å². The number of aliphatic hydroxyl groups is 1. The number of carbonyl (C=O) groups is 1. The number of rotatable bonds is 6. The maximum absolute atomic E-state index is 11.8. The molecule has 11 heteroatoms. The second-order valence-corrected chi connectivity index (χ2v) is 9.60. The summed E-state index contributed by atoms with van der Waals surface area (Å²) >= 11 is 0. The van der Waals surface area contributed by atoms with Gasteiger partial charge in [-0.2, -0.15) is 0 Å². The Labute approximate surface area is 225 Å². The minimum Gasteiger partial charge on any atom is -0.384 e. The summed E-state index contributed by atoms with van der Waals surface area (Å²) in [6.45, 7) is 9.03. The number of nitrogens with zero attached hydrogens (tertiary/aromatic N) is 7. The summed E-state index contributed by atoms with van der Waals surface area (Å²) in [5.41, 5.74) is 4.07. The van der Waals surface area contributed by atoms with E-state index in [1.54, 1.807) is 23.6 Å². The maximum atomic E-state index is 11.8. The molecule has 0 spiro atoms. The third-order valence-electron chi connectivity index (χ3n) is 7.28. The van der Waals surface area contributed by atoms with Crippen LogP contribution in [0.3, 0.4) is 0 Å². The molecule has 1 atom stereocenters. The zero-order valence-corrected chi connectivity index (χ0v) is 21.5. The molecule has 5 heterocycles. The van der Waals surface area contributed by atoms with Gasteiger partial charge in [0.1, 0.15) is 23.9 Å². The van der Waals surface area contributed by atoms with Gasteiger partial charge in [-0.15, -0.1) is 0 Å². The molecule has 2 N–H and O–H groups in total. The number of piperazine rings is 1. The Hall–Kier alpha value is -4.35. The van der Waals surface area contributed by atoms with Gasteiger partial charge in [0.2, 0.25) is 11.9 Å². The number of fused-ring (bicyclic) bond motifs is 1. The molecule has 1 amide bonds. The summed E-state index contributed by atoms with van der Waals surface area (Å²) in [5.74, 6) is 1.44. The second-order valence-electron chi connectivity index (χ2n) is 9.60. The molecule has 6 rings (SSSR count). The highest BCUT2D eigenvalue weighted by atomic mass is 16.5. The van der Waals surface area contributed by atoms with Crippen LogP contribution in [0.2, 0.25) is 0 Å². The molecule has 0 bridgehead atoms. The van der Waals surface area contributed by atoms with Crippen LogP contribution >= 0.6 is 0 Å². The summed E-state index contributed by atoms with van der Waals surface area (Å²) in [6, 6.07) is 9.84. The molecule has 0 unspecified atom stereocenters. The Morgan fingerprint density at radius 1 is 0.949 bits per heavy atom. The molecule has 2 fully saturated rings. The molecule has 2 saturated heterocycles. The average Bonchev–Trinajstić information content (AvgIpc) is 3.46. The fraction of sp³-hybridized carbons (Fsp3) is 0.321. The summed E-state index contributed by atoms with van der Waals surface area (Å²) in [5, 5.41) is 12.0. The largest absolute Gasteiger partial charge is 0.384 e. The number of benzene rings is 1. The first-order valence-electron chi connectivity index (χ1n) is 13.0. The zero-order chi connectivity index (χ0) is 26.8. The lowest BCUT2D eigenvalue weighted by molar-refractivity contribution is -0.126. The third-order valence-corrected chi connectivity index (χ3v) is 7.28. The number of carbonyl (C=O) groups excluding carboxylic acids is 1. The molecule has 39 heavy (non-hydrogen) atoms. The third kappa shape index (κ3) is 5.06. The van der Waals surface area contributed by atoms with Gasteiger partial charge < -0.3 is 29.5 Å². The zero-order valence-electron chi connectivity index (χ0n) is 21.5. The Bertz CT molecular complexity index is 1460. The first-order valence-corrected chi connectivity index (χ1v) is 13.0. The molecule has 3 aromatic heterocycles. The van der Waals surface area contributed by atoms with Crippen LogP contribution in [0.25, 0.3) is 22.3 Å². The van der Waals surface area contributed by atoms with Crippen molar-refractivity contribution >= 4 is 28.7 Å². The predicted molar refractivity (Wildman–Crippen MR) is 147 cm³/mol. The van der Waals surface area contributed by atoms with E-state index in [1.807, 2.05) is 29.2 Å². The van der Waals surface area contributed by atoms with E-state index in [9.17, 15) is 9.90 Å². The highest BCUT2D eigenvalue weighted by molar-refractivity contribution is 5.92. The van der Waals surface area contributed by atoms with Crippen molar-refractivity contribution < 1.29 is 14.6 Å². The fourth-order valence-electron chi connectivity index (χ4n) is 5.04. The number of nitrogens with one attached hydrogen (secondary N) is 1. The molecule has 2 aliphatic rings. The van der Waals surface area contributed by atoms with Crippen LogP contribution in [0.4, 0.5) is 11.8 Å². The lowest BCUT2D eigenvalue weighted by Crippen LogP contribution is -2.48. The van der Waals surface area contributed by atoms with E-state index < -0.39 is 6.10 Å². The monoisotopic (exact) mass is 526 g/mol. The van der Waals surface area contributed by atoms with E-state index in [0.29, 0.717) is 50.9 Å². The summed E-state index contributed by atoms with van der Waals surface area (Å²) < 4.78 is 5.48. The summed E-state index contributed by atoms with van der Waals surface area (Å²) in [4.78, 5) is 39.1. The summed E-state index contributed by atoms with van der Waals surface area (Å²) in [6.07, 6.45) is 5.39. The van der Waals surface area contributed by atoms with Gasteiger partial charge in [0.15, 0.2) is 0 Å². The topological polar surface area (TPSA) is 124 Å². The standard InChI is InChI=1S/C28H30N8O3/c1-2-24(37)34-7-9-36(10-8-34)28-29-16-21(17-30-28)25(38)20-5-3-19(4-6-20)23-15-22-26(33-23)31-18-32-27(22)35-11-13-39-14-12-35/h2-6,15-18,25,38H,1,7-14H2,(H,31,32,33)/t25-/m0/s1. The van der Waals surface area contributed by atoms with Gasteiger partial charge in [-0.3, -0.25) is 4.79 Å². The number of aliphatic hydroxyl groups excluding tert-OH is 1. The average molecular weight is 527 g/mol. The first-order chi connectivity index (χ1) is 19.1. The maximum Gasteiger partial charge on any atom is 0.246 e. The Morgan fingerprint density at radius 3 is 2.36 bits per heavy atom. The van der Waals surface area contributed by atoms with Gasteiger partial charge >= 0.3 is 0 Å². The highest BCUT2D eigenvalue weighted by Gasteiger charge is 2.22. The van der Waals surface area contributed by atoms with E-state index in [0.717, 1.165) is 46.8 Å². The number of H-pyrrole nitrogens is 1. The van der Waals surface area contributed by atoms with Crippen LogP contribution in [0.1, 0.15) is 17.2 Å². The number of anilines is 2. The number of aromatic nitrogens is 5. The molecular weight excluding hydrogens is 496 g/mol. The van der Waals surface area contributed by atoms with E-state index in [-0.39, 0.29) is 5.91 Å². The Morgan fingerprint density at radius 2 is 1.67 bits per heavy atom. The van der Waals surface area contributed by atoms with E-state index in [1.165, 1.54) is 6.08 Å². The Kier molecular flexibility index (Phi) is 6.91. The lowest BCUT2D eigenvalue weighted by atomic mass is 10.0. The number of hydrogen-bond donors (Lipinski definition) is 2.